The highest BCUT2D eigenvalue weighted by atomic mass is 15.1. The van der Waals surface area contributed by atoms with Crippen molar-refractivity contribution < 1.29 is 0 Å². The van der Waals surface area contributed by atoms with Crippen molar-refractivity contribution in [2.75, 3.05) is 0 Å². The number of benzene rings is 10. The van der Waals surface area contributed by atoms with E-state index in [-0.39, 0.29) is 0 Å². The third-order valence-electron chi connectivity index (χ3n) is 19.8. The van der Waals surface area contributed by atoms with E-state index in [4.69, 9.17) is 79.7 Å². The van der Waals surface area contributed by atoms with Crippen LogP contribution in [0.4, 0.5) is 0 Å². The van der Waals surface area contributed by atoms with Crippen molar-refractivity contribution in [1.29, 1.82) is 0 Å². The summed E-state index contributed by atoms with van der Waals surface area (Å²) in [5, 5.41) is 0. The van der Waals surface area contributed by atoms with E-state index in [1.54, 1.807) is 24.8 Å². The lowest BCUT2D eigenvalue weighted by Gasteiger charge is -2.12. The Hall–Kier alpha value is -16.9. The maximum atomic E-state index is 5.08. The topological polar surface area (TPSA) is 232 Å². The first-order valence-electron chi connectivity index (χ1n) is 38.9. The first-order chi connectivity index (χ1) is 59.4. The normalized spacial score (nSPS) is 11.0. The number of hydrogen-bond acceptors (Lipinski definition) is 18. The molecule has 0 spiro atoms. The minimum atomic E-state index is 0.527. The van der Waals surface area contributed by atoms with Crippen molar-refractivity contribution in [1.82, 2.24) is 89.7 Å². The maximum absolute atomic E-state index is 5.08. The van der Waals surface area contributed by atoms with Gasteiger partial charge in [0.05, 0.1) is 45.6 Å². The molecule has 0 aliphatic rings. The van der Waals surface area contributed by atoms with Crippen molar-refractivity contribution in [3.05, 3.63) is 401 Å². The van der Waals surface area contributed by atoms with Gasteiger partial charge < -0.3 is 0 Å². The zero-order valence-corrected chi connectivity index (χ0v) is 64.2. The molecule has 20 rings (SSSR count). The van der Waals surface area contributed by atoms with Gasteiger partial charge in [0.1, 0.15) is 0 Å². The van der Waals surface area contributed by atoms with Gasteiger partial charge in [0.25, 0.3) is 0 Å². The average Bonchev–Trinajstić information content (AvgIpc) is 0.797. The highest BCUT2D eigenvalue weighted by Gasteiger charge is 2.21. The molecule has 0 aliphatic heterocycles. The van der Waals surface area contributed by atoms with E-state index in [0.29, 0.717) is 92.7 Å². The average molecular weight is 1540 g/mol. The smallest absolute Gasteiger partial charge is 0.165 e. The molecule has 18 heteroatoms. The third kappa shape index (κ3) is 16.6. The Labute approximate surface area is 690 Å². The fourth-order valence-corrected chi connectivity index (χ4v) is 13.7. The Morgan fingerprint density at radius 3 is 0.575 bits per heavy atom. The first-order valence-corrected chi connectivity index (χ1v) is 38.9. The third-order valence-corrected chi connectivity index (χ3v) is 19.8. The Morgan fingerprint density at radius 1 is 0.108 bits per heavy atom. The second-order valence-electron chi connectivity index (χ2n) is 27.9. The van der Waals surface area contributed by atoms with Gasteiger partial charge in [0.15, 0.2) is 69.9 Å². The molecule has 0 fully saturated rings. The molecular weight excluding hydrogens is 1480 g/mol. The van der Waals surface area contributed by atoms with Crippen molar-refractivity contribution in [2.45, 2.75) is 0 Å². The van der Waals surface area contributed by atoms with Crippen molar-refractivity contribution in [3.63, 3.8) is 0 Å². The predicted octanol–water partition coefficient (Wildman–Crippen LogP) is 22.5. The van der Waals surface area contributed by atoms with E-state index in [9.17, 15) is 0 Å². The molecule has 18 nitrogen and oxygen atoms in total. The summed E-state index contributed by atoms with van der Waals surface area (Å²) in [6, 6.07) is 124. The van der Waals surface area contributed by atoms with Gasteiger partial charge in [-0.15, -0.1) is 0 Å². The van der Waals surface area contributed by atoms with Gasteiger partial charge in [0.2, 0.25) is 0 Å². The second kappa shape index (κ2) is 34.1. The van der Waals surface area contributed by atoms with Crippen LogP contribution in [0.3, 0.4) is 0 Å². The lowest BCUT2D eigenvalue weighted by molar-refractivity contribution is 1.07. The van der Waals surface area contributed by atoms with E-state index < -0.39 is 0 Å². The summed E-state index contributed by atoms with van der Waals surface area (Å²) in [6.07, 6.45) is 7.13. The fourth-order valence-electron chi connectivity index (χ4n) is 13.7. The van der Waals surface area contributed by atoms with E-state index in [1.807, 2.05) is 328 Å². The van der Waals surface area contributed by atoms with Crippen LogP contribution in [-0.2, 0) is 0 Å². The molecule has 0 atom stereocenters. The van der Waals surface area contributed by atoms with Gasteiger partial charge in [-0.3, -0.25) is 19.9 Å². The molecule has 564 valence electrons. The Bertz CT molecular complexity index is 6530. The molecule has 20 aromatic rings. The van der Waals surface area contributed by atoms with E-state index >= 15 is 0 Å². The fraction of sp³-hybridized carbons (Fsp3) is 0. The van der Waals surface area contributed by atoms with Gasteiger partial charge in [-0.2, -0.15) is 0 Å². The van der Waals surface area contributed by atoms with Crippen LogP contribution in [0.15, 0.2) is 401 Å². The quantitative estimate of drug-likeness (QED) is 0.0777. The maximum Gasteiger partial charge on any atom is 0.165 e. The summed E-state index contributed by atoms with van der Waals surface area (Å²) in [4.78, 5) is 88.0. The molecule has 0 aliphatic carbocycles. The highest BCUT2D eigenvalue weighted by molar-refractivity contribution is 5.81. The molecule has 0 bridgehead atoms. The van der Waals surface area contributed by atoms with Gasteiger partial charge in [-0.25, -0.2) is 69.8 Å². The SMILES string of the molecule is c1ccc(-c2nc(-c3ccccc3)nc(-c3ccc(-c4cc(-c5cccc(-c6nc(-c7ccccc7)nc(-c7ccccc7)n6)c5)cc(-c5ccccn5)n4)nc3)n2)cc1.c1ccc(-c2nc(-c3ccccc3)nc(-c3ccc(-c4cc(-c5ccccn5)nc(-c5ccc(-c6nc(-c7ccccc7)nc(-c7ccccc7)n6)cn5)c4)cc3)n2)cc1. The van der Waals surface area contributed by atoms with Crippen LogP contribution in [0.1, 0.15) is 0 Å². The monoisotopic (exact) mass is 1540 g/mol. The van der Waals surface area contributed by atoms with Crippen LogP contribution in [0, 0.1) is 0 Å². The summed E-state index contributed by atoms with van der Waals surface area (Å²) in [6.45, 7) is 0. The van der Waals surface area contributed by atoms with Crippen molar-refractivity contribution >= 4 is 0 Å². The van der Waals surface area contributed by atoms with Crippen LogP contribution in [0.2, 0.25) is 0 Å². The van der Waals surface area contributed by atoms with Crippen LogP contribution in [0.25, 0.3) is 204 Å². The molecule has 0 radical (unpaired) electrons. The van der Waals surface area contributed by atoms with Gasteiger partial charge in [-0.1, -0.05) is 297 Å². The van der Waals surface area contributed by atoms with Crippen LogP contribution in [0.5, 0.6) is 0 Å². The summed E-state index contributed by atoms with van der Waals surface area (Å²) >= 11 is 0. The molecular formula is C102H66N18. The Balaban J connectivity index is 0.000000159. The molecule has 10 aromatic heterocycles. The molecule has 0 saturated heterocycles. The molecule has 0 N–H and O–H groups in total. The molecule has 0 unspecified atom stereocenters. The first kappa shape index (κ1) is 73.3. The molecule has 0 amide bonds. The van der Waals surface area contributed by atoms with Gasteiger partial charge >= 0.3 is 0 Å². The Kier molecular flexibility index (Phi) is 20.8. The van der Waals surface area contributed by atoms with Crippen molar-refractivity contribution in [3.8, 4) is 204 Å². The summed E-state index contributed by atoms with van der Waals surface area (Å²) in [5.74, 6) is 7.02. The van der Waals surface area contributed by atoms with Crippen LogP contribution < -0.4 is 0 Å². The zero-order chi connectivity index (χ0) is 80.2. The standard InChI is InChI=1S/2C51H33N9/c1-5-16-34(17-6-1)46-55-47(35-18-7-2-8-19-35)58-50(57-46)39-25-15-24-38(30-39)41-31-44(42-26-13-14-29-52-42)54-45(32-41)43-28-27-40(33-53-43)51-59-48(36-20-9-3-10-21-36)56-49(60-51)37-22-11-4-12-23-37;1-5-15-35(16-6-1)46-55-47(36-17-7-2-8-18-36)58-50(57-46)39-26-24-34(25-27-39)41-31-44(42-23-13-14-30-52-42)54-45(32-41)43-29-28-40(33-53-43)51-59-48(37-19-9-3-10-20-37)56-49(60-51)38-21-11-4-12-22-38/h2*1-33H. The summed E-state index contributed by atoms with van der Waals surface area (Å²) in [5.41, 5.74) is 20.1. The molecule has 120 heavy (non-hydrogen) atoms. The van der Waals surface area contributed by atoms with Gasteiger partial charge in [0, 0.05) is 91.5 Å². The number of hydrogen-bond donors (Lipinski definition) is 0. The largest absolute Gasteiger partial charge is 0.255 e. The second-order valence-corrected chi connectivity index (χ2v) is 27.9. The number of rotatable bonds is 18. The molecule has 0 saturated carbocycles. The van der Waals surface area contributed by atoms with Crippen LogP contribution >= 0.6 is 0 Å². The summed E-state index contributed by atoms with van der Waals surface area (Å²) in [7, 11) is 0. The highest BCUT2D eigenvalue weighted by Crippen LogP contribution is 2.37. The van der Waals surface area contributed by atoms with Crippen molar-refractivity contribution in [2.24, 2.45) is 0 Å². The lowest BCUT2D eigenvalue weighted by Crippen LogP contribution is -2.01. The minimum absolute atomic E-state index is 0.527. The van der Waals surface area contributed by atoms with Gasteiger partial charge in [-0.05, 0) is 101 Å². The van der Waals surface area contributed by atoms with E-state index in [2.05, 4.69) is 58.5 Å². The van der Waals surface area contributed by atoms with Crippen LogP contribution in [-0.4, -0.2) is 89.7 Å². The number of pyridine rings is 6. The summed E-state index contributed by atoms with van der Waals surface area (Å²) < 4.78 is 0. The molecule has 10 heterocycles. The molecule has 10 aromatic carbocycles. The zero-order valence-electron chi connectivity index (χ0n) is 64.2. The lowest BCUT2D eigenvalue weighted by atomic mass is 10.00. The Morgan fingerprint density at radius 2 is 0.317 bits per heavy atom. The predicted molar refractivity (Wildman–Crippen MR) is 471 cm³/mol. The van der Waals surface area contributed by atoms with E-state index in [1.165, 1.54) is 0 Å². The van der Waals surface area contributed by atoms with E-state index in [0.717, 1.165) is 112 Å². The number of nitrogens with zero attached hydrogens (tertiary/aromatic N) is 18. The minimum Gasteiger partial charge on any atom is -0.255 e. The number of aromatic nitrogens is 18.